The van der Waals surface area contributed by atoms with E-state index >= 15 is 0 Å². The Morgan fingerprint density at radius 3 is 2.25 bits per heavy atom. The lowest BCUT2D eigenvalue weighted by molar-refractivity contribution is -0.182. The van der Waals surface area contributed by atoms with Gasteiger partial charge in [-0.25, -0.2) is 0 Å². The first-order chi connectivity index (χ1) is 7.46. The standard InChI is InChI=1S/C11H15F3N2/c1-16(8-7-15)10(11(12,13)14)9-5-3-2-4-6-9/h2-6,10H,7-8,15H2,1H3. The van der Waals surface area contributed by atoms with Crippen LogP contribution in [0.15, 0.2) is 30.3 Å². The average molecular weight is 232 g/mol. The van der Waals surface area contributed by atoms with E-state index in [1.54, 1.807) is 18.2 Å². The van der Waals surface area contributed by atoms with Crippen molar-refractivity contribution in [2.75, 3.05) is 20.1 Å². The van der Waals surface area contributed by atoms with Gasteiger partial charge in [-0.2, -0.15) is 13.2 Å². The number of alkyl halides is 3. The first-order valence-electron chi connectivity index (χ1n) is 4.98. The topological polar surface area (TPSA) is 29.3 Å². The van der Waals surface area contributed by atoms with Crippen molar-refractivity contribution in [3.8, 4) is 0 Å². The summed E-state index contributed by atoms with van der Waals surface area (Å²) >= 11 is 0. The summed E-state index contributed by atoms with van der Waals surface area (Å²) < 4.78 is 38.7. The lowest BCUT2D eigenvalue weighted by Crippen LogP contribution is -2.38. The monoisotopic (exact) mass is 232 g/mol. The number of nitrogens with zero attached hydrogens (tertiary/aromatic N) is 1. The molecule has 1 rings (SSSR count). The average Bonchev–Trinajstić information content (AvgIpc) is 2.17. The third kappa shape index (κ3) is 3.21. The highest BCUT2D eigenvalue weighted by Crippen LogP contribution is 2.36. The number of nitrogens with two attached hydrogens (primary N) is 1. The van der Waals surface area contributed by atoms with Crippen LogP contribution < -0.4 is 5.73 Å². The molecule has 0 heterocycles. The van der Waals surface area contributed by atoms with Crippen LogP contribution in [-0.4, -0.2) is 31.2 Å². The van der Waals surface area contributed by atoms with Crippen LogP contribution in [0.25, 0.3) is 0 Å². The summed E-state index contributed by atoms with van der Waals surface area (Å²) in [6.45, 7) is 0.412. The van der Waals surface area contributed by atoms with Gasteiger partial charge in [-0.05, 0) is 12.6 Å². The summed E-state index contributed by atoms with van der Waals surface area (Å²) in [7, 11) is 1.43. The van der Waals surface area contributed by atoms with Crippen molar-refractivity contribution in [1.82, 2.24) is 4.90 Å². The molecule has 0 spiro atoms. The molecule has 0 radical (unpaired) electrons. The minimum Gasteiger partial charge on any atom is -0.329 e. The Hall–Kier alpha value is -1.07. The Balaban J connectivity index is 2.97. The van der Waals surface area contributed by atoms with Gasteiger partial charge in [0.1, 0.15) is 6.04 Å². The van der Waals surface area contributed by atoms with Gasteiger partial charge in [-0.15, -0.1) is 0 Å². The Kier molecular flexibility index (Phi) is 4.32. The van der Waals surface area contributed by atoms with Crippen LogP contribution in [0.1, 0.15) is 11.6 Å². The van der Waals surface area contributed by atoms with Crippen molar-refractivity contribution < 1.29 is 13.2 Å². The maximum absolute atomic E-state index is 12.9. The Morgan fingerprint density at radius 2 is 1.81 bits per heavy atom. The second-order valence-corrected chi connectivity index (χ2v) is 3.62. The second kappa shape index (κ2) is 5.32. The van der Waals surface area contributed by atoms with Gasteiger partial charge in [-0.1, -0.05) is 30.3 Å². The third-order valence-electron chi connectivity index (χ3n) is 2.35. The fourth-order valence-corrected chi connectivity index (χ4v) is 1.66. The van der Waals surface area contributed by atoms with E-state index in [1.807, 2.05) is 0 Å². The van der Waals surface area contributed by atoms with Gasteiger partial charge in [0.15, 0.2) is 0 Å². The van der Waals surface area contributed by atoms with Gasteiger partial charge in [0.05, 0.1) is 0 Å². The minimum absolute atomic E-state index is 0.204. The zero-order valence-corrected chi connectivity index (χ0v) is 9.04. The van der Waals surface area contributed by atoms with Gasteiger partial charge in [0, 0.05) is 13.1 Å². The molecule has 1 aromatic carbocycles. The molecule has 2 nitrogen and oxygen atoms in total. The zero-order valence-electron chi connectivity index (χ0n) is 9.04. The number of halogens is 3. The SMILES string of the molecule is CN(CCN)C(c1ccccc1)C(F)(F)F. The highest BCUT2D eigenvalue weighted by atomic mass is 19.4. The Morgan fingerprint density at radius 1 is 1.25 bits per heavy atom. The van der Waals surface area contributed by atoms with E-state index in [-0.39, 0.29) is 18.7 Å². The molecule has 0 fully saturated rings. The Bertz CT molecular complexity index is 311. The lowest BCUT2D eigenvalue weighted by atomic mass is 10.1. The van der Waals surface area contributed by atoms with Crippen LogP contribution >= 0.6 is 0 Å². The third-order valence-corrected chi connectivity index (χ3v) is 2.35. The van der Waals surface area contributed by atoms with E-state index in [9.17, 15) is 13.2 Å². The van der Waals surface area contributed by atoms with Crippen LogP contribution in [0.5, 0.6) is 0 Å². The number of benzene rings is 1. The van der Waals surface area contributed by atoms with Crippen molar-refractivity contribution >= 4 is 0 Å². The van der Waals surface area contributed by atoms with E-state index in [4.69, 9.17) is 5.73 Å². The molecular formula is C11H15F3N2. The quantitative estimate of drug-likeness (QED) is 0.862. The molecule has 5 heteroatoms. The van der Waals surface area contributed by atoms with Gasteiger partial charge < -0.3 is 5.73 Å². The molecule has 0 aliphatic heterocycles. The fourth-order valence-electron chi connectivity index (χ4n) is 1.66. The van der Waals surface area contributed by atoms with Crippen LogP contribution in [0.4, 0.5) is 13.2 Å². The van der Waals surface area contributed by atoms with Crippen molar-refractivity contribution in [2.24, 2.45) is 5.73 Å². The summed E-state index contributed by atoms with van der Waals surface area (Å²) in [4.78, 5) is 1.22. The molecule has 0 amide bonds. The summed E-state index contributed by atoms with van der Waals surface area (Å²) in [5, 5.41) is 0. The lowest BCUT2D eigenvalue weighted by Gasteiger charge is -2.29. The van der Waals surface area contributed by atoms with Gasteiger partial charge in [0.2, 0.25) is 0 Å². The molecule has 0 aromatic heterocycles. The molecule has 0 aliphatic carbocycles. The van der Waals surface area contributed by atoms with Crippen LogP contribution in [0, 0.1) is 0 Å². The van der Waals surface area contributed by atoms with Crippen LogP contribution in [0.3, 0.4) is 0 Å². The van der Waals surface area contributed by atoms with Crippen molar-refractivity contribution in [3.05, 3.63) is 35.9 Å². The Labute approximate surface area is 92.9 Å². The molecule has 16 heavy (non-hydrogen) atoms. The highest BCUT2D eigenvalue weighted by Gasteiger charge is 2.42. The smallest absolute Gasteiger partial charge is 0.329 e. The normalized spacial score (nSPS) is 14.1. The van der Waals surface area contributed by atoms with Crippen LogP contribution in [0.2, 0.25) is 0 Å². The maximum atomic E-state index is 12.9. The van der Waals surface area contributed by atoms with E-state index in [0.29, 0.717) is 0 Å². The molecule has 0 bridgehead atoms. The van der Waals surface area contributed by atoms with E-state index in [2.05, 4.69) is 0 Å². The predicted molar refractivity (Wildman–Crippen MR) is 56.9 cm³/mol. The van der Waals surface area contributed by atoms with Crippen molar-refractivity contribution in [3.63, 3.8) is 0 Å². The van der Waals surface area contributed by atoms with Crippen LogP contribution in [-0.2, 0) is 0 Å². The van der Waals surface area contributed by atoms with E-state index in [1.165, 1.54) is 24.1 Å². The molecular weight excluding hydrogens is 217 g/mol. The van der Waals surface area contributed by atoms with E-state index in [0.717, 1.165) is 0 Å². The zero-order chi connectivity index (χ0) is 12.2. The predicted octanol–water partition coefficient (Wildman–Crippen LogP) is 2.18. The largest absolute Gasteiger partial charge is 0.408 e. The molecule has 0 aliphatic rings. The first kappa shape index (κ1) is 13.0. The van der Waals surface area contributed by atoms with Crippen molar-refractivity contribution in [1.29, 1.82) is 0 Å². The number of hydrogen-bond donors (Lipinski definition) is 1. The number of likely N-dealkylation sites (N-methyl/N-ethyl adjacent to an activating group) is 1. The number of hydrogen-bond acceptors (Lipinski definition) is 2. The number of rotatable bonds is 4. The van der Waals surface area contributed by atoms with Gasteiger partial charge in [-0.3, -0.25) is 4.90 Å². The molecule has 1 unspecified atom stereocenters. The van der Waals surface area contributed by atoms with E-state index < -0.39 is 12.2 Å². The summed E-state index contributed by atoms with van der Waals surface area (Å²) in [5.41, 5.74) is 5.52. The minimum atomic E-state index is -4.29. The highest BCUT2D eigenvalue weighted by molar-refractivity contribution is 5.20. The summed E-state index contributed by atoms with van der Waals surface area (Å²) in [6, 6.07) is 6.27. The van der Waals surface area contributed by atoms with Gasteiger partial charge >= 0.3 is 6.18 Å². The molecule has 90 valence electrons. The second-order valence-electron chi connectivity index (χ2n) is 3.62. The summed E-state index contributed by atoms with van der Waals surface area (Å²) in [6.07, 6.45) is -4.29. The molecule has 0 saturated heterocycles. The fraction of sp³-hybridized carbons (Fsp3) is 0.455. The molecule has 0 saturated carbocycles. The van der Waals surface area contributed by atoms with Crippen molar-refractivity contribution in [2.45, 2.75) is 12.2 Å². The summed E-state index contributed by atoms with van der Waals surface area (Å²) in [5.74, 6) is 0. The molecule has 2 N–H and O–H groups in total. The maximum Gasteiger partial charge on any atom is 0.408 e. The molecule has 1 atom stereocenters. The molecule has 1 aromatic rings. The first-order valence-corrected chi connectivity index (χ1v) is 4.98. The van der Waals surface area contributed by atoms with Gasteiger partial charge in [0.25, 0.3) is 0 Å².